The van der Waals surface area contributed by atoms with Crippen LogP contribution in [0, 0.1) is 5.92 Å². The summed E-state index contributed by atoms with van der Waals surface area (Å²) < 4.78 is 0. The highest BCUT2D eigenvalue weighted by molar-refractivity contribution is 6.02. The lowest BCUT2D eigenvalue weighted by Gasteiger charge is -2.34. The molecule has 294 valence electrons. The molecule has 1 atom stereocenters. The van der Waals surface area contributed by atoms with Gasteiger partial charge in [-0.1, -0.05) is 219 Å². The zero-order chi connectivity index (χ0) is 41.6. The number of benzene rings is 7. The van der Waals surface area contributed by atoms with E-state index in [4.69, 9.17) is 15.0 Å². The molecule has 1 aromatic heterocycles. The molecule has 1 unspecified atom stereocenters. The van der Waals surface area contributed by atoms with Gasteiger partial charge >= 0.3 is 0 Å². The zero-order valence-corrected chi connectivity index (χ0v) is 34.7. The fraction of sp³-hybridized carbons (Fsp3) is 0.0678. The van der Waals surface area contributed by atoms with E-state index in [2.05, 4.69) is 232 Å². The summed E-state index contributed by atoms with van der Waals surface area (Å²) in [5.41, 5.74) is 18.3. The van der Waals surface area contributed by atoms with E-state index in [1.165, 1.54) is 50.1 Å². The molecule has 0 bridgehead atoms. The van der Waals surface area contributed by atoms with E-state index in [1.807, 2.05) is 0 Å². The van der Waals surface area contributed by atoms with Crippen LogP contribution in [-0.4, -0.2) is 15.0 Å². The number of fused-ring (bicyclic) bond motifs is 7. The van der Waals surface area contributed by atoms with Gasteiger partial charge in [-0.25, -0.2) is 15.0 Å². The van der Waals surface area contributed by atoms with Crippen LogP contribution in [0.15, 0.2) is 230 Å². The molecule has 8 aromatic rings. The molecular weight excluding hydrogens is 751 g/mol. The lowest BCUT2D eigenvalue weighted by molar-refractivity contribution is 0.758. The van der Waals surface area contributed by atoms with E-state index in [-0.39, 0.29) is 5.92 Å². The SMILES string of the molecule is C\C=C/C=C1\C(=C2/C=C(c3nc(-c4ccccc4-c4ccccc4)nc(-c4ccccc4-c4ccccc4)n3)C=CC2C)C2(c3ccccc31)c1ccccc1-c1ccccc12. The normalized spacial score (nSPS) is 17.6. The molecular formula is C59H43N3. The van der Waals surface area contributed by atoms with Crippen molar-refractivity contribution in [2.45, 2.75) is 19.3 Å². The molecule has 62 heavy (non-hydrogen) atoms. The zero-order valence-electron chi connectivity index (χ0n) is 34.7. The van der Waals surface area contributed by atoms with E-state index in [1.54, 1.807) is 0 Å². The predicted molar refractivity (Wildman–Crippen MR) is 256 cm³/mol. The van der Waals surface area contributed by atoms with Crippen LogP contribution in [0.5, 0.6) is 0 Å². The fourth-order valence-electron chi connectivity index (χ4n) is 10.0. The molecule has 7 aromatic carbocycles. The molecule has 11 rings (SSSR count). The summed E-state index contributed by atoms with van der Waals surface area (Å²) in [6.45, 7) is 4.41. The Hall–Kier alpha value is -7.75. The third kappa shape index (κ3) is 5.92. The lowest BCUT2D eigenvalue weighted by atomic mass is 9.67. The van der Waals surface area contributed by atoms with Crippen molar-refractivity contribution in [1.82, 2.24) is 15.0 Å². The van der Waals surface area contributed by atoms with Crippen molar-refractivity contribution in [3.05, 3.63) is 258 Å². The van der Waals surface area contributed by atoms with E-state index < -0.39 is 5.41 Å². The van der Waals surface area contributed by atoms with Crippen LogP contribution in [0.4, 0.5) is 0 Å². The maximum Gasteiger partial charge on any atom is 0.164 e. The Morgan fingerprint density at radius 1 is 0.452 bits per heavy atom. The van der Waals surface area contributed by atoms with Gasteiger partial charge in [0.1, 0.15) is 0 Å². The molecule has 3 aliphatic carbocycles. The summed E-state index contributed by atoms with van der Waals surface area (Å²) in [6.07, 6.45) is 13.5. The third-order valence-corrected chi connectivity index (χ3v) is 12.7. The monoisotopic (exact) mass is 793 g/mol. The second kappa shape index (κ2) is 15.4. The Labute approximate surface area is 363 Å². The van der Waals surface area contributed by atoms with Crippen LogP contribution in [0.1, 0.15) is 41.9 Å². The number of aromatic nitrogens is 3. The van der Waals surface area contributed by atoms with Crippen LogP contribution >= 0.6 is 0 Å². The first kappa shape index (κ1) is 37.3. The first-order valence-electron chi connectivity index (χ1n) is 21.5. The van der Waals surface area contributed by atoms with E-state index in [9.17, 15) is 0 Å². The van der Waals surface area contributed by atoms with Gasteiger partial charge < -0.3 is 0 Å². The summed E-state index contributed by atoms with van der Waals surface area (Å²) in [5.74, 6) is 2.00. The second-order valence-corrected chi connectivity index (χ2v) is 16.2. The van der Waals surface area contributed by atoms with Crippen molar-refractivity contribution in [2.24, 2.45) is 5.92 Å². The first-order chi connectivity index (χ1) is 30.6. The minimum absolute atomic E-state index is 0.104. The van der Waals surface area contributed by atoms with Crippen LogP contribution in [0.2, 0.25) is 0 Å². The largest absolute Gasteiger partial charge is 0.208 e. The molecule has 0 saturated carbocycles. The predicted octanol–water partition coefficient (Wildman–Crippen LogP) is 14.4. The number of rotatable bonds is 6. The Bertz CT molecular complexity index is 3050. The number of allylic oxidation sites excluding steroid dienone is 10. The average molecular weight is 794 g/mol. The second-order valence-electron chi connectivity index (χ2n) is 16.2. The summed E-state index contributed by atoms with van der Waals surface area (Å²) in [7, 11) is 0. The molecule has 0 amide bonds. The van der Waals surface area contributed by atoms with Gasteiger partial charge in [-0.2, -0.15) is 0 Å². The number of nitrogens with zero attached hydrogens (tertiary/aromatic N) is 3. The average Bonchev–Trinajstić information content (AvgIpc) is 3.80. The van der Waals surface area contributed by atoms with Gasteiger partial charge in [-0.05, 0) is 91.3 Å². The fourth-order valence-corrected chi connectivity index (χ4v) is 10.0. The van der Waals surface area contributed by atoms with Crippen LogP contribution in [-0.2, 0) is 5.41 Å². The summed E-state index contributed by atoms with van der Waals surface area (Å²) in [5, 5.41) is 0. The molecule has 0 radical (unpaired) electrons. The Kier molecular flexibility index (Phi) is 9.24. The van der Waals surface area contributed by atoms with Crippen molar-refractivity contribution >= 4 is 11.1 Å². The summed E-state index contributed by atoms with van der Waals surface area (Å²) >= 11 is 0. The highest BCUT2D eigenvalue weighted by atomic mass is 15.0. The van der Waals surface area contributed by atoms with Crippen LogP contribution in [0.25, 0.3) is 67.3 Å². The number of hydrogen-bond acceptors (Lipinski definition) is 3. The van der Waals surface area contributed by atoms with Crippen molar-refractivity contribution in [3.63, 3.8) is 0 Å². The Morgan fingerprint density at radius 2 is 0.871 bits per heavy atom. The minimum atomic E-state index is -0.522. The van der Waals surface area contributed by atoms with Gasteiger partial charge in [0.25, 0.3) is 0 Å². The van der Waals surface area contributed by atoms with Crippen molar-refractivity contribution < 1.29 is 0 Å². The van der Waals surface area contributed by atoms with Gasteiger partial charge in [0.2, 0.25) is 0 Å². The molecule has 0 N–H and O–H groups in total. The molecule has 3 heteroatoms. The molecule has 3 nitrogen and oxygen atoms in total. The van der Waals surface area contributed by atoms with Gasteiger partial charge in [0, 0.05) is 16.7 Å². The minimum Gasteiger partial charge on any atom is -0.208 e. The third-order valence-electron chi connectivity index (χ3n) is 12.7. The quantitative estimate of drug-likeness (QED) is 0.168. The first-order valence-corrected chi connectivity index (χ1v) is 21.5. The lowest BCUT2D eigenvalue weighted by Crippen LogP contribution is -2.28. The maximum absolute atomic E-state index is 5.41. The molecule has 0 aliphatic heterocycles. The van der Waals surface area contributed by atoms with E-state index in [0.717, 1.165) is 39.0 Å². The standard InChI is InChI=1S/C59H43N3/c1-3-4-25-48-47-30-17-20-35-54(47)59(52-33-18-15-28-45(52)46-29-16-19-34-53(46)59)55(48)51-38-42(37-36-39(51)2)56-60-57(49-31-13-11-26-43(49)40-21-7-5-8-22-40)62-58(61-56)50-32-14-12-27-44(50)41-23-9-6-10-24-41/h3-39H,1-2H3/b4-3-,48-25-,55-51-. The van der Waals surface area contributed by atoms with Crippen LogP contribution in [0.3, 0.4) is 0 Å². The Balaban J connectivity index is 1.20. The van der Waals surface area contributed by atoms with Gasteiger partial charge in [0.05, 0.1) is 5.41 Å². The van der Waals surface area contributed by atoms with Crippen molar-refractivity contribution in [3.8, 4) is 56.2 Å². The molecule has 0 saturated heterocycles. The van der Waals surface area contributed by atoms with Crippen LogP contribution < -0.4 is 0 Å². The maximum atomic E-state index is 5.41. The molecule has 3 aliphatic rings. The van der Waals surface area contributed by atoms with E-state index >= 15 is 0 Å². The van der Waals surface area contributed by atoms with Crippen molar-refractivity contribution in [2.75, 3.05) is 0 Å². The molecule has 1 heterocycles. The Morgan fingerprint density at radius 3 is 1.39 bits per heavy atom. The van der Waals surface area contributed by atoms with Crippen molar-refractivity contribution in [1.29, 1.82) is 0 Å². The van der Waals surface area contributed by atoms with Gasteiger partial charge in [-0.15, -0.1) is 0 Å². The topological polar surface area (TPSA) is 38.7 Å². The molecule has 1 spiro atoms. The van der Waals surface area contributed by atoms with E-state index in [0.29, 0.717) is 17.5 Å². The summed E-state index contributed by atoms with van der Waals surface area (Å²) in [6, 6.07) is 64.9. The highest BCUT2D eigenvalue weighted by Gasteiger charge is 2.54. The number of hydrogen-bond donors (Lipinski definition) is 0. The summed E-state index contributed by atoms with van der Waals surface area (Å²) in [4.78, 5) is 16.1. The molecule has 0 fully saturated rings. The van der Waals surface area contributed by atoms with Gasteiger partial charge in [-0.3, -0.25) is 0 Å². The van der Waals surface area contributed by atoms with Gasteiger partial charge in [0.15, 0.2) is 17.5 Å². The smallest absolute Gasteiger partial charge is 0.164 e. The highest BCUT2D eigenvalue weighted by Crippen LogP contribution is 2.65.